The molecule has 7 nitrogen and oxygen atoms in total. The zero-order chi connectivity index (χ0) is 12.0. The Balaban J connectivity index is 4.41. The van der Waals surface area contributed by atoms with Gasteiger partial charge in [0.2, 0.25) is 0 Å². The third-order valence-electron chi connectivity index (χ3n) is 1.84. The number of hydrogen-bond acceptors (Lipinski definition) is 5. The van der Waals surface area contributed by atoms with Gasteiger partial charge in [-0.1, -0.05) is 0 Å². The molecular formula is C8H16N2O5. The number of carboxylic acids is 1. The summed E-state index contributed by atoms with van der Waals surface area (Å²) in [5.41, 5.74) is 5.22. The first-order valence-electron chi connectivity index (χ1n) is 4.38. The molecule has 0 bridgehead atoms. The van der Waals surface area contributed by atoms with E-state index >= 15 is 0 Å². The van der Waals surface area contributed by atoms with Crippen molar-refractivity contribution in [2.45, 2.75) is 25.2 Å². The Labute approximate surface area is 87.2 Å². The number of carbonyl (C=O) groups excluding carboxylic acids is 1. The number of rotatable bonds is 6. The van der Waals surface area contributed by atoms with Crippen LogP contribution in [0.2, 0.25) is 0 Å². The fourth-order valence-electron chi connectivity index (χ4n) is 0.945. The van der Waals surface area contributed by atoms with Gasteiger partial charge in [0.1, 0.15) is 6.10 Å². The van der Waals surface area contributed by atoms with E-state index < -0.39 is 30.1 Å². The first-order chi connectivity index (χ1) is 6.93. The van der Waals surface area contributed by atoms with Crippen LogP contribution in [0.5, 0.6) is 0 Å². The summed E-state index contributed by atoms with van der Waals surface area (Å²) in [5.74, 6) is -1.97. The van der Waals surface area contributed by atoms with Crippen LogP contribution in [0, 0.1) is 0 Å². The molecule has 5 N–H and O–H groups in total. The van der Waals surface area contributed by atoms with Crippen LogP contribution >= 0.6 is 0 Å². The van der Waals surface area contributed by atoms with Crippen LogP contribution in [-0.4, -0.2) is 54.0 Å². The number of ether oxygens (including phenoxy) is 1. The van der Waals surface area contributed by atoms with Crippen molar-refractivity contribution >= 4 is 11.9 Å². The number of nitrogens with one attached hydrogen (secondary N) is 1. The first kappa shape index (κ1) is 13.8. The summed E-state index contributed by atoms with van der Waals surface area (Å²) in [4.78, 5) is 22.0. The molecule has 0 spiro atoms. The molecule has 3 atom stereocenters. The fourth-order valence-corrected chi connectivity index (χ4v) is 0.945. The van der Waals surface area contributed by atoms with E-state index in [0.29, 0.717) is 0 Å². The molecule has 0 aliphatic heterocycles. The standard InChI is InChI=1S/C8H16N2O5/c1-4(11)6(8(13)14)10-7(12)5(3-9)15-2/h4-6,11H,3,9H2,1-2H3,(H,10,12)(H,13,14)/t4-,5?,6+/m1/s1. The van der Waals surface area contributed by atoms with Crippen LogP contribution in [-0.2, 0) is 14.3 Å². The van der Waals surface area contributed by atoms with Gasteiger partial charge in [0.25, 0.3) is 5.91 Å². The van der Waals surface area contributed by atoms with Crippen molar-refractivity contribution < 1.29 is 24.5 Å². The summed E-state index contributed by atoms with van der Waals surface area (Å²) in [6.07, 6.45) is -2.10. The quantitative estimate of drug-likeness (QED) is 0.407. The number of aliphatic hydroxyl groups is 1. The third kappa shape index (κ3) is 4.24. The highest BCUT2D eigenvalue weighted by Gasteiger charge is 2.27. The van der Waals surface area contributed by atoms with Gasteiger partial charge in [0, 0.05) is 13.7 Å². The predicted molar refractivity (Wildman–Crippen MR) is 51.1 cm³/mol. The smallest absolute Gasteiger partial charge is 0.328 e. The van der Waals surface area contributed by atoms with Crippen molar-refractivity contribution in [2.75, 3.05) is 13.7 Å². The molecule has 0 aromatic rings. The minimum absolute atomic E-state index is 0.0610. The molecule has 0 aromatic heterocycles. The fraction of sp³-hybridized carbons (Fsp3) is 0.750. The van der Waals surface area contributed by atoms with Gasteiger partial charge >= 0.3 is 5.97 Å². The van der Waals surface area contributed by atoms with E-state index in [9.17, 15) is 9.59 Å². The monoisotopic (exact) mass is 220 g/mol. The van der Waals surface area contributed by atoms with Gasteiger partial charge in [0.15, 0.2) is 6.04 Å². The maximum Gasteiger partial charge on any atom is 0.328 e. The van der Waals surface area contributed by atoms with Crippen molar-refractivity contribution in [2.24, 2.45) is 5.73 Å². The summed E-state index contributed by atoms with van der Waals surface area (Å²) < 4.78 is 4.71. The van der Waals surface area contributed by atoms with Crippen molar-refractivity contribution in [3.05, 3.63) is 0 Å². The second-order valence-corrected chi connectivity index (χ2v) is 3.03. The Morgan fingerprint density at radius 1 is 1.53 bits per heavy atom. The lowest BCUT2D eigenvalue weighted by molar-refractivity contribution is -0.146. The summed E-state index contributed by atoms with van der Waals surface area (Å²) in [6.45, 7) is 1.21. The molecule has 88 valence electrons. The van der Waals surface area contributed by atoms with Crippen LogP contribution in [0.15, 0.2) is 0 Å². The second-order valence-electron chi connectivity index (χ2n) is 3.03. The maximum absolute atomic E-state index is 11.3. The number of hydrogen-bond donors (Lipinski definition) is 4. The van der Waals surface area contributed by atoms with Crippen molar-refractivity contribution in [1.29, 1.82) is 0 Å². The van der Waals surface area contributed by atoms with Crippen molar-refractivity contribution in [3.8, 4) is 0 Å². The Bertz CT molecular complexity index is 227. The zero-order valence-electron chi connectivity index (χ0n) is 8.64. The summed E-state index contributed by atoms with van der Waals surface area (Å²) in [6, 6.07) is -1.36. The van der Waals surface area contributed by atoms with Crippen LogP contribution in [0.25, 0.3) is 0 Å². The number of carbonyl (C=O) groups is 2. The number of aliphatic carboxylic acids is 1. The minimum atomic E-state index is -1.36. The van der Waals surface area contributed by atoms with E-state index in [1.54, 1.807) is 0 Å². The average Bonchev–Trinajstić information content (AvgIpc) is 2.15. The van der Waals surface area contributed by atoms with Crippen molar-refractivity contribution in [3.63, 3.8) is 0 Å². The Hall–Kier alpha value is -1.18. The molecular weight excluding hydrogens is 204 g/mol. The summed E-state index contributed by atoms with van der Waals surface area (Å²) >= 11 is 0. The number of methoxy groups -OCH3 is 1. The van der Waals surface area contributed by atoms with Gasteiger partial charge in [-0.2, -0.15) is 0 Å². The largest absolute Gasteiger partial charge is 0.480 e. The molecule has 0 radical (unpaired) electrons. The molecule has 1 amide bonds. The van der Waals surface area contributed by atoms with Gasteiger partial charge in [-0.05, 0) is 6.92 Å². The molecule has 15 heavy (non-hydrogen) atoms. The summed E-state index contributed by atoms with van der Waals surface area (Å²) in [5, 5.41) is 19.9. The van der Waals surface area contributed by atoms with E-state index in [1.165, 1.54) is 14.0 Å². The maximum atomic E-state index is 11.3. The topological polar surface area (TPSA) is 122 Å². The molecule has 0 saturated heterocycles. The summed E-state index contributed by atoms with van der Waals surface area (Å²) in [7, 11) is 1.29. The lowest BCUT2D eigenvalue weighted by Crippen LogP contribution is -2.52. The lowest BCUT2D eigenvalue weighted by Gasteiger charge is -2.20. The van der Waals surface area contributed by atoms with Crippen molar-refractivity contribution in [1.82, 2.24) is 5.32 Å². The minimum Gasteiger partial charge on any atom is -0.480 e. The first-order valence-corrected chi connectivity index (χ1v) is 4.38. The highest BCUT2D eigenvalue weighted by Crippen LogP contribution is 1.95. The SMILES string of the molecule is COC(CN)C(=O)N[C@H](C(=O)O)[C@@H](C)O. The molecule has 0 aromatic carbocycles. The van der Waals surface area contributed by atoms with Gasteiger partial charge < -0.3 is 26.0 Å². The molecule has 0 saturated carbocycles. The van der Waals surface area contributed by atoms with Crippen LogP contribution in [0.4, 0.5) is 0 Å². The van der Waals surface area contributed by atoms with E-state index in [0.717, 1.165) is 0 Å². The normalized spacial score (nSPS) is 16.5. The van der Waals surface area contributed by atoms with Gasteiger partial charge in [-0.3, -0.25) is 4.79 Å². The number of aliphatic hydroxyl groups excluding tert-OH is 1. The number of nitrogens with two attached hydrogens (primary N) is 1. The van der Waals surface area contributed by atoms with Gasteiger partial charge in [-0.15, -0.1) is 0 Å². The molecule has 0 aliphatic rings. The average molecular weight is 220 g/mol. The Kier molecular flexibility index (Phi) is 5.83. The van der Waals surface area contributed by atoms with E-state index in [1.807, 2.05) is 0 Å². The lowest BCUT2D eigenvalue weighted by atomic mass is 10.1. The number of carboxylic acid groups (broad SMARTS) is 1. The highest BCUT2D eigenvalue weighted by atomic mass is 16.5. The van der Waals surface area contributed by atoms with E-state index in [-0.39, 0.29) is 6.54 Å². The second kappa shape index (κ2) is 6.33. The van der Waals surface area contributed by atoms with E-state index in [4.69, 9.17) is 20.7 Å². The predicted octanol–water partition coefficient (Wildman–Crippen LogP) is -2.09. The molecule has 0 heterocycles. The zero-order valence-corrected chi connectivity index (χ0v) is 8.64. The third-order valence-corrected chi connectivity index (χ3v) is 1.84. The van der Waals surface area contributed by atoms with E-state index in [2.05, 4.69) is 5.32 Å². The Morgan fingerprint density at radius 2 is 2.07 bits per heavy atom. The molecule has 1 unspecified atom stereocenters. The molecule has 0 rings (SSSR count). The van der Waals surface area contributed by atoms with Gasteiger partial charge in [0.05, 0.1) is 6.10 Å². The highest BCUT2D eigenvalue weighted by molar-refractivity contribution is 5.86. The molecule has 7 heteroatoms. The Morgan fingerprint density at radius 3 is 2.33 bits per heavy atom. The molecule has 0 aliphatic carbocycles. The van der Waals surface area contributed by atoms with Crippen LogP contribution in [0.1, 0.15) is 6.92 Å². The van der Waals surface area contributed by atoms with Crippen LogP contribution < -0.4 is 11.1 Å². The van der Waals surface area contributed by atoms with Gasteiger partial charge in [-0.25, -0.2) is 4.79 Å². The molecule has 0 fully saturated rings. The number of amides is 1. The van der Waals surface area contributed by atoms with Crippen LogP contribution in [0.3, 0.4) is 0 Å².